The minimum Gasteiger partial charge on any atom is -0.458 e. The van der Waals surface area contributed by atoms with Gasteiger partial charge in [0.2, 0.25) is 0 Å². The number of pyridine rings is 1. The molecule has 6 rings (SSSR count). The molecule has 0 saturated carbocycles. The van der Waals surface area contributed by atoms with Gasteiger partial charge in [-0.25, -0.2) is 0 Å². The Morgan fingerprint density at radius 1 is 0.793 bits per heavy atom. The Morgan fingerprint density at radius 3 is 2.45 bits per heavy atom. The normalized spacial score (nSPS) is 16.9. The molecule has 0 amide bonds. The van der Waals surface area contributed by atoms with Gasteiger partial charge in [-0.2, -0.15) is 0 Å². The third-order valence-corrected chi connectivity index (χ3v) is 5.51. The molecule has 0 fully saturated rings. The van der Waals surface area contributed by atoms with Crippen molar-refractivity contribution < 1.29 is 17.7 Å². The maximum absolute atomic E-state index is 7.92. The van der Waals surface area contributed by atoms with E-state index < -0.39 is 13.7 Å². The van der Waals surface area contributed by atoms with Gasteiger partial charge in [0.05, 0.1) is 5.69 Å². The average molecular weight is 381 g/mol. The molecule has 29 heavy (non-hydrogen) atoms. The standard InChI is InChI=1S/C25H18BNO2/c1-15-13-20(27-14-16(15)2)17-7-5-9-19-25(17)29-23-12-6-11-22-24(23)26(19)18-8-3-4-10-21(18)28-22/h3-14H,1-2H3/i1D3,2D3. The summed E-state index contributed by atoms with van der Waals surface area (Å²) in [7, 11) is 0. The van der Waals surface area contributed by atoms with Crippen molar-refractivity contribution >= 4 is 23.1 Å². The highest BCUT2D eigenvalue weighted by molar-refractivity contribution is 6.98. The van der Waals surface area contributed by atoms with Gasteiger partial charge < -0.3 is 9.47 Å². The molecular formula is C25H18BNO2. The zero-order valence-electron chi connectivity index (χ0n) is 21.3. The Morgan fingerprint density at radius 2 is 1.55 bits per heavy atom. The van der Waals surface area contributed by atoms with E-state index in [1.807, 2.05) is 54.6 Å². The predicted molar refractivity (Wildman–Crippen MR) is 117 cm³/mol. The molecule has 3 heterocycles. The van der Waals surface area contributed by atoms with Gasteiger partial charge in [-0.3, -0.25) is 4.98 Å². The lowest BCUT2D eigenvalue weighted by atomic mass is 9.34. The van der Waals surface area contributed by atoms with Crippen LogP contribution in [0.5, 0.6) is 23.0 Å². The summed E-state index contributed by atoms with van der Waals surface area (Å²) in [6.45, 7) is -5.35. The van der Waals surface area contributed by atoms with Crippen molar-refractivity contribution in [3.05, 3.63) is 84.1 Å². The Bertz CT molecular complexity index is 1500. The van der Waals surface area contributed by atoms with E-state index in [0.29, 0.717) is 22.8 Å². The molecule has 2 aliphatic heterocycles. The van der Waals surface area contributed by atoms with Gasteiger partial charge in [-0.1, -0.05) is 36.4 Å². The summed E-state index contributed by atoms with van der Waals surface area (Å²) >= 11 is 0. The molecule has 4 aromatic rings. The van der Waals surface area contributed by atoms with Crippen molar-refractivity contribution in [1.29, 1.82) is 0 Å². The second kappa shape index (κ2) is 5.98. The number of ether oxygens (including phenoxy) is 2. The molecule has 3 nitrogen and oxygen atoms in total. The van der Waals surface area contributed by atoms with Crippen molar-refractivity contribution in [1.82, 2.24) is 4.98 Å². The van der Waals surface area contributed by atoms with Crippen LogP contribution < -0.4 is 25.9 Å². The molecule has 0 spiro atoms. The van der Waals surface area contributed by atoms with Crippen LogP contribution in [0.4, 0.5) is 0 Å². The van der Waals surface area contributed by atoms with Crippen LogP contribution in [0.15, 0.2) is 72.9 Å². The minimum atomic E-state index is -2.61. The van der Waals surface area contributed by atoms with Gasteiger partial charge in [-0.15, -0.1) is 0 Å². The summed E-state index contributed by atoms with van der Waals surface area (Å²) < 4.78 is 59.6. The van der Waals surface area contributed by atoms with Crippen LogP contribution in [0, 0.1) is 13.7 Å². The SMILES string of the molecule is [2H]C([2H])([2H])c1cnc(-c2cccc3c2Oc2cccc4c2B3c2ccccc2O4)cc1C([2H])([2H])[2H]. The Hall–Kier alpha value is -3.53. The third kappa shape index (κ3) is 2.35. The fraction of sp³-hybridized carbons (Fsp3) is 0.0800. The van der Waals surface area contributed by atoms with Gasteiger partial charge in [0.25, 0.3) is 6.71 Å². The summed E-state index contributed by atoms with van der Waals surface area (Å²) in [5, 5.41) is 0. The molecule has 4 heteroatoms. The summed E-state index contributed by atoms with van der Waals surface area (Å²) in [4.78, 5) is 4.37. The van der Waals surface area contributed by atoms with E-state index in [1.54, 1.807) is 6.07 Å². The lowest BCUT2D eigenvalue weighted by molar-refractivity contribution is 0.465. The highest BCUT2D eigenvalue weighted by Gasteiger charge is 2.40. The van der Waals surface area contributed by atoms with Gasteiger partial charge >= 0.3 is 0 Å². The van der Waals surface area contributed by atoms with E-state index >= 15 is 0 Å². The smallest absolute Gasteiger partial charge is 0.260 e. The number of benzene rings is 3. The van der Waals surface area contributed by atoms with Crippen molar-refractivity contribution in [2.45, 2.75) is 13.7 Å². The minimum absolute atomic E-state index is 0.140. The second-order valence-electron chi connectivity index (χ2n) is 7.18. The van der Waals surface area contributed by atoms with E-state index in [4.69, 9.17) is 17.7 Å². The molecule has 138 valence electrons. The first kappa shape index (κ1) is 11.5. The molecular weight excluding hydrogens is 357 g/mol. The van der Waals surface area contributed by atoms with Crippen LogP contribution in [-0.4, -0.2) is 11.7 Å². The number of rotatable bonds is 1. The van der Waals surface area contributed by atoms with Gasteiger partial charge in [0.1, 0.15) is 23.0 Å². The first-order chi connectivity index (χ1) is 16.6. The van der Waals surface area contributed by atoms with Crippen molar-refractivity contribution in [2.24, 2.45) is 0 Å². The molecule has 0 radical (unpaired) electrons. The Labute approximate surface area is 178 Å². The zero-order chi connectivity index (χ0) is 24.5. The second-order valence-corrected chi connectivity index (χ2v) is 7.18. The average Bonchev–Trinajstić information content (AvgIpc) is 2.82. The van der Waals surface area contributed by atoms with Crippen molar-refractivity contribution in [3.63, 3.8) is 0 Å². The molecule has 3 aromatic carbocycles. The quantitative estimate of drug-likeness (QED) is 0.402. The number of nitrogens with zero attached hydrogens (tertiary/aromatic N) is 1. The van der Waals surface area contributed by atoms with E-state index in [0.717, 1.165) is 34.1 Å². The third-order valence-electron chi connectivity index (χ3n) is 5.51. The lowest BCUT2D eigenvalue weighted by Gasteiger charge is -2.33. The van der Waals surface area contributed by atoms with Crippen LogP contribution in [0.3, 0.4) is 0 Å². The summed E-state index contributed by atoms with van der Waals surface area (Å²) in [6, 6.07) is 20.5. The summed E-state index contributed by atoms with van der Waals surface area (Å²) in [5.41, 5.74) is 3.24. The largest absolute Gasteiger partial charge is 0.458 e. The van der Waals surface area contributed by atoms with Crippen LogP contribution >= 0.6 is 0 Å². The topological polar surface area (TPSA) is 31.4 Å². The van der Waals surface area contributed by atoms with Crippen LogP contribution in [0.1, 0.15) is 19.4 Å². The number of aryl methyl sites for hydroxylation is 2. The van der Waals surface area contributed by atoms with Crippen molar-refractivity contribution in [3.8, 4) is 34.3 Å². The van der Waals surface area contributed by atoms with E-state index in [-0.39, 0.29) is 17.8 Å². The Balaban J connectivity index is 1.58. The lowest BCUT2D eigenvalue weighted by Crippen LogP contribution is -2.57. The molecule has 0 N–H and O–H groups in total. The van der Waals surface area contributed by atoms with Crippen molar-refractivity contribution in [2.75, 3.05) is 0 Å². The fourth-order valence-electron chi connectivity index (χ4n) is 4.21. The van der Waals surface area contributed by atoms with Gasteiger partial charge in [-0.05, 0) is 66.1 Å². The first-order valence-corrected chi connectivity index (χ1v) is 9.35. The molecule has 0 unspecified atom stereocenters. The maximum atomic E-state index is 7.92. The van der Waals surface area contributed by atoms with Crippen LogP contribution in [0.25, 0.3) is 11.3 Å². The molecule has 0 saturated heterocycles. The first-order valence-electron chi connectivity index (χ1n) is 12.3. The highest BCUT2D eigenvalue weighted by atomic mass is 16.5. The number of para-hydroxylation sites is 2. The molecule has 0 atom stereocenters. The van der Waals surface area contributed by atoms with Gasteiger partial charge in [0, 0.05) is 25.4 Å². The zero-order valence-corrected chi connectivity index (χ0v) is 15.3. The van der Waals surface area contributed by atoms with Crippen LogP contribution in [-0.2, 0) is 0 Å². The maximum Gasteiger partial charge on any atom is 0.260 e. The molecule has 0 aliphatic carbocycles. The molecule has 1 aromatic heterocycles. The fourth-order valence-corrected chi connectivity index (χ4v) is 4.21. The van der Waals surface area contributed by atoms with E-state index in [2.05, 4.69) is 4.98 Å². The number of hydrogen-bond donors (Lipinski definition) is 0. The predicted octanol–water partition coefficient (Wildman–Crippen LogP) is 4.09. The monoisotopic (exact) mass is 381 g/mol. The molecule has 0 bridgehead atoms. The summed E-state index contributed by atoms with van der Waals surface area (Å²) in [5.74, 6) is 2.71. The number of aromatic nitrogens is 1. The van der Waals surface area contributed by atoms with E-state index in [9.17, 15) is 0 Å². The molecule has 2 aliphatic rings. The van der Waals surface area contributed by atoms with E-state index in [1.165, 1.54) is 6.07 Å². The van der Waals surface area contributed by atoms with Crippen LogP contribution in [0.2, 0.25) is 0 Å². The summed E-state index contributed by atoms with van der Waals surface area (Å²) in [6.07, 6.45) is 1.14. The van der Waals surface area contributed by atoms with Gasteiger partial charge in [0.15, 0.2) is 0 Å². The number of hydrogen-bond acceptors (Lipinski definition) is 3. The highest BCUT2D eigenvalue weighted by Crippen LogP contribution is 2.38. The number of fused-ring (bicyclic) bond motifs is 4. The Kier molecular flexibility index (Phi) is 2.37.